The molecule has 1 aliphatic rings. The van der Waals surface area contributed by atoms with E-state index in [2.05, 4.69) is 4.72 Å². The van der Waals surface area contributed by atoms with Gasteiger partial charge in [-0.05, 0) is 49.2 Å². The van der Waals surface area contributed by atoms with Gasteiger partial charge in [0.05, 0.1) is 5.02 Å². The summed E-state index contributed by atoms with van der Waals surface area (Å²) in [5.41, 5.74) is 0.966. The van der Waals surface area contributed by atoms with Crippen LogP contribution in [0.1, 0.15) is 12.0 Å². The van der Waals surface area contributed by atoms with Gasteiger partial charge >= 0.3 is 0 Å². The lowest BCUT2D eigenvalue weighted by molar-refractivity contribution is -0.118. The van der Waals surface area contributed by atoms with Gasteiger partial charge in [0.25, 0.3) is 0 Å². The molecule has 132 valence electrons. The van der Waals surface area contributed by atoms with Crippen molar-refractivity contribution < 1.29 is 17.6 Å². The van der Waals surface area contributed by atoms with Crippen molar-refractivity contribution >= 4 is 33.2 Å². The fraction of sp³-hybridized carbons (Fsp3) is 0.235. The monoisotopic (exact) mass is 382 g/mol. The van der Waals surface area contributed by atoms with Crippen LogP contribution in [-0.4, -0.2) is 26.9 Å². The maximum atomic E-state index is 13.4. The molecule has 0 spiro atoms. The van der Waals surface area contributed by atoms with Crippen LogP contribution in [-0.2, 0) is 14.8 Å². The number of hydrogen-bond donors (Lipinski definition) is 1. The van der Waals surface area contributed by atoms with Gasteiger partial charge in [-0.15, -0.1) is 0 Å². The number of benzene rings is 2. The maximum Gasteiger partial charge on any atom is 0.245 e. The molecular weight excluding hydrogens is 367 g/mol. The first kappa shape index (κ1) is 17.8. The zero-order valence-electron chi connectivity index (χ0n) is 13.4. The third-order valence-electron chi connectivity index (χ3n) is 4.08. The minimum absolute atomic E-state index is 0.0689. The summed E-state index contributed by atoms with van der Waals surface area (Å²) in [5, 5.41) is 0.0893. The van der Waals surface area contributed by atoms with E-state index in [1.54, 1.807) is 25.1 Å². The van der Waals surface area contributed by atoms with Crippen LogP contribution < -0.4 is 9.62 Å². The van der Waals surface area contributed by atoms with E-state index < -0.39 is 16.1 Å². The number of rotatable bonds is 4. The van der Waals surface area contributed by atoms with Gasteiger partial charge in [-0.2, -0.15) is 4.72 Å². The molecule has 1 saturated heterocycles. The van der Waals surface area contributed by atoms with Gasteiger partial charge in [0.1, 0.15) is 16.8 Å². The van der Waals surface area contributed by atoms with Crippen molar-refractivity contribution in [1.82, 2.24) is 4.72 Å². The highest BCUT2D eigenvalue weighted by molar-refractivity contribution is 7.89. The van der Waals surface area contributed by atoms with Crippen LogP contribution >= 0.6 is 11.6 Å². The highest BCUT2D eigenvalue weighted by atomic mass is 35.5. The second kappa shape index (κ2) is 6.74. The van der Waals surface area contributed by atoms with Crippen LogP contribution in [0.4, 0.5) is 10.1 Å². The van der Waals surface area contributed by atoms with Crippen LogP contribution in [0.5, 0.6) is 0 Å². The number of amides is 1. The van der Waals surface area contributed by atoms with Gasteiger partial charge in [-0.3, -0.25) is 4.79 Å². The SMILES string of the molecule is Cc1cc(N2CCC(NS(=O)(=O)c3ccccc3Cl)C2=O)ccc1F. The van der Waals surface area contributed by atoms with E-state index in [0.29, 0.717) is 24.2 Å². The molecule has 1 amide bonds. The van der Waals surface area contributed by atoms with Gasteiger partial charge in [0.2, 0.25) is 15.9 Å². The Morgan fingerprint density at radius 1 is 1.24 bits per heavy atom. The molecule has 2 aromatic rings. The van der Waals surface area contributed by atoms with Gasteiger partial charge in [0, 0.05) is 12.2 Å². The van der Waals surface area contributed by atoms with E-state index >= 15 is 0 Å². The molecule has 1 heterocycles. The van der Waals surface area contributed by atoms with Gasteiger partial charge in [0.15, 0.2) is 0 Å². The van der Waals surface area contributed by atoms with Crippen molar-refractivity contribution in [2.75, 3.05) is 11.4 Å². The number of nitrogens with zero attached hydrogens (tertiary/aromatic N) is 1. The molecule has 5 nitrogen and oxygen atoms in total. The van der Waals surface area contributed by atoms with Gasteiger partial charge in [-0.1, -0.05) is 23.7 Å². The first-order chi connectivity index (χ1) is 11.8. The summed E-state index contributed by atoms with van der Waals surface area (Å²) in [7, 11) is -3.92. The highest BCUT2D eigenvalue weighted by Gasteiger charge is 2.36. The maximum absolute atomic E-state index is 13.4. The van der Waals surface area contributed by atoms with E-state index in [4.69, 9.17) is 11.6 Å². The fourth-order valence-corrected chi connectivity index (χ4v) is 4.50. The second-order valence-electron chi connectivity index (χ2n) is 5.82. The Morgan fingerprint density at radius 2 is 1.96 bits per heavy atom. The second-order valence-corrected chi connectivity index (χ2v) is 7.91. The van der Waals surface area contributed by atoms with Crippen LogP contribution in [0.2, 0.25) is 5.02 Å². The Hall–Kier alpha value is -1.96. The Labute approximate surface area is 150 Å². The minimum Gasteiger partial charge on any atom is -0.311 e. The third-order valence-corrected chi connectivity index (χ3v) is 6.05. The third kappa shape index (κ3) is 3.53. The lowest BCUT2D eigenvalue weighted by atomic mass is 10.2. The molecular formula is C17H16ClFN2O3S. The van der Waals surface area contributed by atoms with Crippen molar-refractivity contribution in [2.45, 2.75) is 24.3 Å². The Bertz CT molecular complexity index is 933. The standard InChI is InChI=1S/C17H16ClFN2O3S/c1-11-10-12(6-7-14(11)19)21-9-8-15(17(21)22)20-25(23,24)16-5-3-2-4-13(16)18/h2-7,10,15,20H,8-9H2,1H3. The molecule has 0 radical (unpaired) electrons. The number of sulfonamides is 1. The summed E-state index contributed by atoms with van der Waals surface area (Å²) < 4.78 is 40.8. The van der Waals surface area contributed by atoms with Gasteiger partial charge < -0.3 is 4.90 Å². The summed E-state index contributed by atoms with van der Waals surface area (Å²) in [6, 6.07) is 9.52. The smallest absolute Gasteiger partial charge is 0.245 e. The molecule has 0 aliphatic carbocycles. The lowest BCUT2D eigenvalue weighted by Crippen LogP contribution is -2.41. The number of aryl methyl sites for hydroxylation is 1. The van der Waals surface area contributed by atoms with Crippen LogP contribution in [0.15, 0.2) is 47.4 Å². The molecule has 1 aliphatic heterocycles. The molecule has 2 aromatic carbocycles. The lowest BCUT2D eigenvalue weighted by Gasteiger charge is -2.18. The Balaban J connectivity index is 1.80. The quantitative estimate of drug-likeness (QED) is 0.884. The van der Waals surface area contributed by atoms with Crippen molar-refractivity contribution in [1.29, 1.82) is 0 Å². The number of carbonyl (C=O) groups excluding carboxylic acids is 1. The summed E-state index contributed by atoms with van der Waals surface area (Å²) in [4.78, 5) is 14.0. The van der Waals surface area contributed by atoms with E-state index in [-0.39, 0.29) is 21.6 Å². The molecule has 8 heteroatoms. The average Bonchev–Trinajstić information content (AvgIpc) is 2.91. The number of anilines is 1. The summed E-state index contributed by atoms with van der Waals surface area (Å²) in [6.45, 7) is 1.95. The summed E-state index contributed by atoms with van der Waals surface area (Å²) in [5.74, 6) is -0.729. The topological polar surface area (TPSA) is 66.5 Å². The molecule has 1 N–H and O–H groups in total. The summed E-state index contributed by atoms with van der Waals surface area (Å²) >= 11 is 5.94. The number of nitrogens with one attached hydrogen (secondary N) is 1. The number of carbonyl (C=O) groups is 1. The summed E-state index contributed by atoms with van der Waals surface area (Å²) in [6.07, 6.45) is 0.318. The van der Waals surface area contributed by atoms with Crippen LogP contribution in [0, 0.1) is 12.7 Å². The normalized spacial score (nSPS) is 18.0. The average molecular weight is 383 g/mol. The van der Waals surface area contributed by atoms with E-state index in [9.17, 15) is 17.6 Å². The minimum atomic E-state index is -3.92. The largest absolute Gasteiger partial charge is 0.311 e. The highest BCUT2D eigenvalue weighted by Crippen LogP contribution is 2.26. The van der Waals surface area contributed by atoms with Crippen LogP contribution in [0.25, 0.3) is 0 Å². The molecule has 0 bridgehead atoms. The van der Waals surface area contributed by atoms with Gasteiger partial charge in [-0.25, -0.2) is 12.8 Å². The predicted molar refractivity (Wildman–Crippen MR) is 93.7 cm³/mol. The van der Waals surface area contributed by atoms with Crippen molar-refractivity contribution in [3.63, 3.8) is 0 Å². The molecule has 0 saturated carbocycles. The molecule has 25 heavy (non-hydrogen) atoms. The van der Waals surface area contributed by atoms with E-state index in [1.165, 1.54) is 29.2 Å². The zero-order valence-corrected chi connectivity index (χ0v) is 14.9. The molecule has 1 unspecified atom stereocenters. The van der Waals surface area contributed by atoms with Crippen LogP contribution in [0.3, 0.4) is 0 Å². The molecule has 1 atom stereocenters. The van der Waals surface area contributed by atoms with E-state index in [0.717, 1.165) is 0 Å². The first-order valence-corrected chi connectivity index (χ1v) is 9.50. The Kier molecular flexibility index (Phi) is 4.81. The molecule has 0 aromatic heterocycles. The predicted octanol–water partition coefficient (Wildman–Crippen LogP) is 2.87. The number of halogens is 2. The fourth-order valence-electron chi connectivity index (χ4n) is 2.76. The van der Waals surface area contributed by atoms with Crippen molar-refractivity contribution in [3.8, 4) is 0 Å². The zero-order chi connectivity index (χ0) is 18.2. The number of hydrogen-bond acceptors (Lipinski definition) is 3. The Morgan fingerprint density at radius 3 is 2.64 bits per heavy atom. The van der Waals surface area contributed by atoms with Crippen molar-refractivity contribution in [2.24, 2.45) is 0 Å². The molecule has 3 rings (SSSR count). The molecule has 1 fully saturated rings. The van der Waals surface area contributed by atoms with Crippen molar-refractivity contribution in [3.05, 3.63) is 58.9 Å². The van der Waals surface area contributed by atoms with E-state index in [1.807, 2.05) is 0 Å². The first-order valence-electron chi connectivity index (χ1n) is 7.64.